The Kier molecular flexibility index (Phi) is 8.91. The lowest BCUT2D eigenvalue weighted by Gasteiger charge is -2.12. The van der Waals surface area contributed by atoms with E-state index < -0.39 is 17.6 Å². The largest absolute Gasteiger partial charge is 0.416 e. The van der Waals surface area contributed by atoms with Gasteiger partial charge in [0.1, 0.15) is 5.15 Å². The molecule has 0 fully saturated rings. The first kappa shape index (κ1) is 23.5. The van der Waals surface area contributed by atoms with Gasteiger partial charge in [-0.05, 0) is 49.2 Å². The molecule has 10 heteroatoms. The summed E-state index contributed by atoms with van der Waals surface area (Å²) in [5, 5.41) is 9.29. The van der Waals surface area contributed by atoms with Crippen molar-refractivity contribution < 1.29 is 18.0 Å². The van der Waals surface area contributed by atoms with Gasteiger partial charge in [0.25, 0.3) is 5.91 Å². The maximum Gasteiger partial charge on any atom is 0.416 e. The van der Waals surface area contributed by atoms with Gasteiger partial charge in [0.05, 0.1) is 5.56 Å². The lowest BCUT2D eigenvalue weighted by Crippen LogP contribution is -2.41. The monoisotopic (exact) mass is 441 g/mol. The Balaban J connectivity index is 1.76. The predicted molar refractivity (Wildman–Crippen MR) is 111 cm³/mol. The van der Waals surface area contributed by atoms with Crippen LogP contribution in [0.2, 0.25) is 5.15 Å². The van der Waals surface area contributed by atoms with E-state index in [4.69, 9.17) is 11.6 Å². The highest BCUT2D eigenvalue weighted by Crippen LogP contribution is 2.29. The Labute approximate surface area is 177 Å². The predicted octanol–water partition coefficient (Wildman–Crippen LogP) is 3.28. The van der Waals surface area contributed by atoms with Crippen LogP contribution in [0.25, 0.3) is 0 Å². The summed E-state index contributed by atoms with van der Waals surface area (Å²) in [6.45, 7) is 3.83. The molecular weight excluding hydrogens is 419 g/mol. The van der Waals surface area contributed by atoms with E-state index >= 15 is 0 Å². The van der Waals surface area contributed by atoms with Crippen molar-refractivity contribution in [1.29, 1.82) is 0 Å². The molecule has 1 aromatic carbocycles. The molecule has 6 nitrogen and oxygen atoms in total. The maximum absolute atomic E-state index is 12.6. The molecule has 0 unspecified atom stereocenters. The minimum Gasteiger partial charge on any atom is -0.357 e. The average molecular weight is 442 g/mol. The second-order valence-corrected chi connectivity index (χ2v) is 6.64. The van der Waals surface area contributed by atoms with Gasteiger partial charge in [0.15, 0.2) is 5.96 Å². The molecule has 30 heavy (non-hydrogen) atoms. The van der Waals surface area contributed by atoms with E-state index in [0.29, 0.717) is 37.2 Å². The summed E-state index contributed by atoms with van der Waals surface area (Å²) >= 11 is 5.76. The van der Waals surface area contributed by atoms with E-state index in [9.17, 15) is 18.0 Å². The standard InChI is InChI=1S/C20H23ClF3N5O/c1-2-25-19(27-10-9-14-3-8-17(21)29-13-14)28-12-11-26-18(30)15-4-6-16(7-5-15)20(22,23)24/h3-8,13H,2,9-12H2,1H3,(H,26,30)(H2,25,27,28). The minimum atomic E-state index is -4.43. The Bertz CT molecular complexity index is 839. The first-order chi connectivity index (χ1) is 14.3. The van der Waals surface area contributed by atoms with Crippen LogP contribution in [0.3, 0.4) is 0 Å². The van der Waals surface area contributed by atoms with Gasteiger partial charge in [-0.1, -0.05) is 17.7 Å². The molecule has 3 N–H and O–H groups in total. The van der Waals surface area contributed by atoms with Crippen LogP contribution < -0.4 is 16.0 Å². The topological polar surface area (TPSA) is 78.4 Å². The third-order valence-electron chi connectivity index (χ3n) is 3.98. The number of pyridine rings is 1. The summed E-state index contributed by atoms with van der Waals surface area (Å²) in [5.74, 6) is 0.158. The molecule has 0 spiro atoms. The number of carbonyl (C=O) groups is 1. The Morgan fingerprint density at radius 2 is 1.77 bits per heavy atom. The highest BCUT2D eigenvalue weighted by atomic mass is 35.5. The Morgan fingerprint density at radius 1 is 1.07 bits per heavy atom. The second-order valence-electron chi connectivity index (χ2n) is 6.26. The highest BCUT2D eigenvalue weighted by Gasteiger charge is 2.30. The Hall–Kier alpha value is -2.81. The summed E-state index contributed by atoms with van der Waals surface area (Å²) in [6.07, 6.45) is -2.02. The van der Waals surface area contributed by atoms with Crippen molar-refractivity contribution in [2.75, 3.05) is 26.2 Å². The van der Waals surface area contributed by atoms with E-state index in [1.807, 2.05) is 13.0 Å². The summed E-state index contributed by atoms with van der Waals surface area (Å²) < 4.78 is 37.7. The normalized spacial score (nSPS) is 11.8. The van der Waals surface area contributed by atoms with Gasteiger partial charge in [0, 0.05) is 37.9 Å². The SMILES string of the molecule is CCNC(=NCCc1ccc(Cl)nc1)NCCNC(=O)c1ccc(C(F)(F)F)cc1. The number of carbonyl (C=O) groups excluding carboxylic acids is 1. The molecule has 0 atom stereocenters. The van der Waals surface area contributed by atoms with Crippen LogP contribution in [-0.4, -0.2) is 43.0 Å². The van der Waals surface area contributed by atoms with E-state index in [1.165, 1.54) is 0 Å². The number of alkyl halides is 3. The molecule has 2 rings (SSSR count). The lowest BCUT2D eigenvalue weighted by molar-refractivity contribution is -0.137. The van der Waals surface area contributed by atoms with Gasteiger partial charge in [-0.2, -0.15) is 13.2 Å². The molecule has 1 aromatic heterocycles. The number of aromatic nitrogens is 1. The summed E-state index contributed by atoms with van der Waals surface area (Å²) in [7, 11) is 0. The molecule has 0 bridgehead atoms. The first-order valence-electron chi connectivity index (χ1n) is 9.37. The van der Waals surface area contributed by atoms with Gasteiger partial charge < -0.3 is 16.0 Å². The fourth-order valence-corrected chi connectivity index (χ4v) is 2.57. The van der Waals surface area contributed by atoms with Gasteiger partial charge in [-0.3, -0.25) is 9.79 Å². The van der Waals surface area contributed by atoms with Crippen LogP contribution in [0, 0.1) is 0 Å². The Morgan fingerprint density at radius 3 is 2.37 bits per heavy atom. The van der Waals surface area contributed by atoms with Crippen molar-refractivity contribution >= 4 is 23.5 Å². The zero-order chi connectivity index (χ0) is 22.0. The smallest absolute Gasteiger partial charge is 0.357 e. The number of hydrogen-bond acceptors (Lipinski definition) is 3. The van der Waals surface area contributed by atoms with Crippen molar-refractivity contribution in [3.05, 3.63) is 64.4 Å². The quantitative estimate of drug-likeness (QED) is 0.254. The van der Waals surface area contributed by atoms with Crippen LogP contribution in [-0.2, 0) is 12.6 Å². The maximum atomic E-state index is 12.6. The molecule has 0 aliphatic heterocycles. The zero-order valence-corrected chi connectivity index (χ0v) is 17.1. The third-order valence-corrected chi connectivity index (χ3v) is 4.20. The number of aliphatic imine (C=N–C) groups is 1. The number of guanidine groups is 1. The van der Waals surface area contributed by atoms with Crippen LogP contribution >= 0.6 is 11.6 Å². The van der Waals surface area contributed by atoms with Crippen LogP contribution in [0.5, 0.6) is 0 Å². The van der Waals surface area contributed by atoms with Crippen molar-refractivity contribution in [2.45, 2.75) is 19.5 Å². The number of hydrogen-bond donors (Lipinski definition) is 3. The number of halogens is 4. The van der Waals surface area contributed by atoms with Crippen molar-refractivity contribution in [3.63, 3.8) is 0 Å². The first-order valence-corrected chi connectivity index (χ1v) is 9.75. The van der Waals surface area contributed by atoms with Crippen LogP contribution in [0.15, 0.2) is 47.6 Å². The van der Waals surface area contributed by atoms with Crippen molar-refractivity contribution in [2.24, 2.45) is 4.99 Å². The van der Waals surface area contributed by atoms with E-state index in [0.717, 1.165) is 29.8 Å². The summed E-state index contributed by atoms with van der Waals surface area (Å²) in [4.78, 5) is 20.5. The summed E-state index contributed by atoms with van der Waals surface area (Å²) in [6, 6.07) is 7.70. The van der Waals surface area contributed by atoms with Crippen LogP contribution in [0.1, 0.15) is 28.4 Å². The van der Waals surface area contributed by atoms with Crippen molar-refractivity contribution in [3.8, 4) is 0 Å². The lowest BCUT2D eigenvalue weighted by atomic mass is 10.1. The molecule has 1 heterocycles. The molecular formula is C20H23ClF3N5O. The van der Waals surface area contributed by atoms with Gasteiger partial charge in [0.2, 0.25) is 0 Å². The van der Waals surface area contributed by atoms with Gasteiger partial charge in [-0.15, -0.1) is 0 Å². The molecule has 162 valence electrons. The van der Waals surface area contributed by atoms with E-state index in [1.54, 1.807) is 12.3 Å². The average Bonchev–Trinajstić information content (AvgIpc) is 2.72. The summed E-state index contributed by atoms with van der Waals surface area (Å²) in [5.41, 5.74) is 0.393. The number of nitrogens with one attached hydrogen (secondary N) is 3. The third kappa shape index (κ3) is 7.90. The minimum absolute atomic E-state index is 0.167. The number of nitrogens with zero attached hydrogens (tertiary/aromatic N) is 2. The molecule has 0 saturated heterocycles. The molecule has 1 amide bonds. The zero-order valence-electron chi connectivity index (χ0n) is 16.4. The molecule has 0 aliphatic carbocycles. The second kappa shape index (κ2) is 11.4. The molecule has 0 saturated carbocycles. The van der Waals surface area contributed by atoms with Crippen LogP contribution in [0.4, 0.5) is 13.2 Å². The van der Waals surface area contributed by atoms with E-state index in [-0.39, 0.29) is 12.1 Å². The molecule has 2 aromatic rings. The van der Waals surface area contributed by atoms with E-state index in [2.05, 4.69) is 25.9 Å². The molecule has 0 radical (unpaired) electrons. The van der Waals surface area contributed by atoms with Gasteiger partial charge in [-0.25, -0.2) is 4.98 Å². The fraction of sp³-hybridized carbons (Fsp3) is 0.350. The highest BCUT2D eigenvalue weighted by molar-refractivity contribution is 6.29. The number of rotatable bonds is 8. The van der Waals surface area contributed by atoms with Crippen molar-refractivity contribution in [1.82, 2.24) is 20.9 Å². The number of amides is 1. The van der Waals surface area contributed by atoms with Gasteiger partial charge >= 0.3 is 6.18 Å². The fourth-order valence-electron chi connectivity index (χ4n) is 2.46. The number of benzene rings is 1. The molecule has 0 aliphatic rings.